The molecule has 18 heteroatoms. The van der Waals surface area contributed by atoms with Crippen LogP contribution < -0.4 is 10.6 Å². The van der Waals surface area contributed by atoms with Crippen molar-refractivity contribution in [3.63, 3.8) is 0 Å². The van der Waals surface area contributed by atoms with E-state index in [1.807, 2.05) is 166 Å². The first-order chi connectivity index (χ1) is 38.1. The normalized spacial score (nSPS) is 31.3. The van der Waals surface area contributed by atoms with Gasteiger partial charge in [0.25, 0.3) is 6.02 Å². The van der Waals surface area contributed by atoms with E-state index >= 15 is 0 Å². The van der Waals surface area contributed by atoms with Crippen molar-refractivity contribution in [1.82, 2.24) is 15.5 Å². The number of nitrogens with one attached hydrogen (secondary N) is 2. The molecule has 5 aromatic rings. The number of fused-ring (bicyclic) bond motifs is 2. The molecule has 4 heterocycles. The van der Waals surface area contributed by atoms with Gasteiger partial charge >= 0.3 is 0 Å². The highest BCUT2D eigenvalue weighted by atomic mass is 16.8. The van der Waals surface area contributed by atoms with Crippen molar-refractivity contribution in [2.24, 2.45) is 10.9 Å². The molecule has 1 unspecified atom stereocenters. The number of rotatable bonds is 21. The Balaban J connectivity index is 1.00. The second-order valence-corrected chi connectivity index (χ2v) is 20.5. The van der Waals surface area contributed by atoms with E-state index in [9.17, 15) is 14.7 Å². The van der Waals surface area contributed by atoms with Gasteiger partial charge in [0.2, 0.25) is 11.8 Å². The van der Waals surface area contributed by atoms with E-state index in [-0.39, 0.29) is 45.5 Å². The fourth-order valence-electron chi connectivity index (χ4n) is 10.8. The van der Waals surface area contributed by atoms with E-state index in [2.05, 4.69) is 10.6 Å². The fourth-order valence-corrected chi connectivity index (χ4v) is 10.8. The molecule has 0 bridgehead atoms. The number of ether oxygens (including phenoxy) is 11. The summed E-state index contributed by atoms with van der Waals surface area (Å²) < 4.78 is 74.4. The average molecular weight is 1070 g/mol. The number of amidine groups is 1. The number of aliphatic hydroxyl groups excluding tert-OH is 1. The van der Waals surface area contributed by atoms with E-state index in [4.69, 9.17) is 57.1 Å². The van der Waals surface area contributed by atoms with Crippen molar-refractivity contribution in [1.29, 1.82) is 0 Å². The van der Waals surface area contributed by atoms with Crippen molar-refractivity contribution in [2.45, 2.75) is 132 Å². The molecule has 3 saturated heterocycles. The summed E-state index contributed by atoms with van der Waals surface area (Å²) in [7, 11) is 3.66. The standard InChI is InChI=1S/C60H70N4O14/c1-37(65)61-48-56(71-33-42-26-16-8-17-27-42)53-46(36-72-57(75-53)43-28-18-9-19-29-43)74-58(48)76-52-45(35-69-31-40-22-12-6-13-23-40)73-59(49(62-38(2)66)55(52)70-32-41-24-14-7-15-25-41)77-54-47-51(78-60(63-47)64(3)4)44(50(54)67)34-68-30-39-20-10-5-11-21-39/h5-29,44-59,67H,30-36H2,1-4H3,(H,61,65)(H,62,66)/t44-,45-,46-,47+,48-,49-,50-,51+,52-,53-,54-,55+,56+,57?,58+,59+/m1/s1. The van der Waals surface area contributed by atoms with Crippen LogP contribution in [0.4, 0.5) is 0 Å². The lowest BCUT2D eigenvalue weighted by Gasteiger charge is -2.52. The quantitative estimate of drug-likeness (QED) is 0.0820. The van der Waals surface area contributed by atoms with Gasteiger partial charge in [-0.2, -0.15) is 0 Å². The minimum atomic E-state index is -1.29. The number of carbonyl (C=O) groups is 2. The Hall–Kier alpha value is -6.13. The van der Waals surface area contributed by atoms with E-state index in [1.54, 1.807) is 4.90 Å². The molecular weight excluding hydrogens is 1000 g/mol. The first-order valence-electron chi connectivity index (χ1n) is 26.7. The van der Waals surface area contributed by atoms with Crippen LogP contribution in [0.2, 0.25) is 0 Å². The van der Waals surface area contributed by atoms with E-state index in [0.717, 1.165) is 27.8 Å². The van der Waals surface area contributed by atoms with E-state index < -0.39 is 104 Å². The van der Waals surface area contributed by atoms with Crippen molar-refractivity contribution in [3.05, 3.63) is 179 Å². The highest BCUT2D eigenvalue weighted by Crippen LogP contribution is 2.42. The van der Waals surface area contributed by atoms with E-state index in [1.165, 1.54) is 13.8 Å². The smallest absolute Gasteiger partial charge is 0.287 e. The van der Waals surface area contributed by atoms with Crippen LogP contribution in [0.25, 0.3) is 0 Å². The third-order valence-electron chi connectivity index (χ3n) is 14.5. The van der Waals surface area contributed by atoms with Gasteiger partial charge in [0, 0.05) is 33.5 Å². The zero-order valence-electron chi connectivity index (χ0n) is 44.3. The summed E-state index contributed by atoms with van der Waals surface area (Å²) in [4.78, 5) is 33.7. The van der Waals surface area contributed by atoms with Crippen LogP contribution in [0.5, 0.6) is 0 Å². The molecule has 1 saturated carbocycles. The lowest BCUT2D eigenvalue weighted by molar-refractivity contribution is -0.373. The summed E-state index contributed by atoms with van der Waals surface area (Å²) in [5.41, 5.74) is 4.45. The first-order valence-corrected chi connectivity index (χ1v) is 26.7. The molecule has 16 atom stereocenters. The molecule has 18 nitrogen and oxygen atoms in total. The van der Waals surface area contributed by atoms with E-state index in [0.29, 0.717) is 12.6 Å². The van der Waals surface area contributed by atoms with Gasteiger partial charge in [-0.1, -0.05) is 152 Å². The summed E-state index contributed by atoms with van der Waals surface area (Å²) in [6, 6.07) is 46.0. The third kappa shape index (κ3) is 13.5. The van der Waals surface area contributed by atoms with Crippen molar-refractivity contribution < 1.29 is 66.8 Å². The molecule has 4 aliphatic heterocycles. The van der Waals surface area contributed by atoms with Gasteiger partial charge < -0.3 is 72.7 Å². The van der Waals surface area contributed by atoms with Crippen LogP contribution in [0.1, 0.15) is 48.0 Å². The topological polar surface area (TPSA) is 196 Å². The highest BCUT2D eigenvalue weighted by molar-refractivity contribution is 5.76. The monoisotopic (exact) mass is 1070 g/mol. The van der Waals surface area contributed by atoms with Gasteiger partial charge in [-0.15, -0.1) is 0 Å². The Kier molecular flexibility index (Phi) is 18.6. The molecule has 414 valence electrons. The number of amides is 2. The van der Waals surface area contributed by atoms with Crippen molar-refractivity contribution >= 4 is 17.8 Å². The van der Waals surface area contributed by atoms with Crippen LogP contribution in [-0.2, 0) is 88.1 Å². The Bertz CT molecular complexity index is 2700. The lowest BCUT2D eigenvalue weighted by Crippen LogP contribution is -2.71. The summed E-state index contributed by atoms with van der Waals surface area (Å²) in [6.07, 6.45) is -11.6. The molecular formula is C60H70N4O14. The van der Waals surface area contributed by atoms with Gasteiger partial charge in [-0.25, -0.2) is 4.99 Å². The number of nitrogens with zero attached hydrogens (tertiary/aromatic N) is 2. The molecule has 5 aromatic carbocycles. The molecule has 10 rings (SSSR count). The molecule has 1 aliphatic carbocycles. The van der Waals surface area contributed by atoms with Gasteiger partial charge in [-0.05, 0) is 22.3 Å². The number of hydrogen-bond donors (Lipinski definition) is 3. The third-order valence-corrected chi connectivity index (χ3v) is 14.5. The predicted molar refractivity (Wildman–Crippen MR) is 284 cm³/mol. The zero-order chi connectivity index (χ0) is 54.0. The SMILES string of the molecule is CC(=O)N[C@H]1[C@H](O[C@H]2[C@@H](OCc3ccccc3)[C@@H](NC(C)=O)[C@H](O[C@H]3[C@H](O)[C@@H](COCc4ccccc4)[C@@H]4OC(N(C)C)=N[C@H]34)O[C@@H]2COCc2ccccc2)O[C@@H]2COC(c3ccccc3)O[C@H]2[C@H]1OCc1ccccc1. The predicted octanol–water partition coefficient (Wildman–Crippen LogP) is 5.61. The minimum Gasteiger partial charge on any atom is -0.459 e. The Morgan fingerprint density at radius 2 is 1.08 bits per heavy atom. The molecule has 0 radical (unpaired) electrons. The number of aliphatic imine (C=N–C) groups is 1. The first kappa shape index (κ1) is 55.2. The average Bonchev–Trinajstić information content (AvgIpc) is 4.01. The van der Waals surface area contributed by atoms with Crippen molar-refractivity contribution in [2.75, 3.05) is 33.9 Å². The molecule has 0 aromatic heterocycles. The van der Waals surface area contributed by atoms with Crippen LogP contribution >= 0.6 is 0 Å². The summed E-state index contributed by atoms with van der Waals surface area (Å²) in [5, 5.41) is 18.5. The number of hydrogen-bond acceptors (Lipinski definition) is 16. The Labute approximate surface area is 455 Å². The highest BCUT2D eigenvalue weighted by Gasteiger charge is 2.60. The van der Waals surface area contributed by atoms with Gasteiger partial charge in [0.15, 0.2) is 18.9 Å². The molecule has 0 spiro atoms. The van der Waals surface area contributed by atoms with Gasteiger partial charge in [0.05, 0.1) is 58.3 Å². The van der Waals surface area contributed by atoms with Crippen LogP contribution in [0.3, 0.4) is 0 Å². The van der Waals surface area contributed by atoms with Crippen LogP contribution in [0.15, 0.2) is 157 Å². The van der Waals surface area contributed by atoms with Crippen molar-refractivity contribution in [3.8, 4) is 0 Å². The number of benzene rings is 5. The molecule has 2 amide bonds. The van der Waals surface area contributed by atoms with Crippen LogP contribution in [0, 0.1) is 5.92 Å². The summed E-state index contributed by atoms with van der Waals surface area (Å²) in [6.45, 7) is 3.76. The Morgan fingerprint density at radius 3 is 1.63 bits per heavy atom. The van der Waals surface area contributed by atoms with Crippen LogP contribution in [-0.4, -0.2) is 147 Å². The molecule has 5 aliphatic rings. The second-order valence-electron chi connectivity index (χ2n) is 20.5. The summed E-state index contributed by atoms with van der Waals surface area (Å²) in [5.74, 6) is -1.35. The maximum absolute atomic E-state index is 13.6. The minimum absolute atomic E-state index is 0.0683. The molecule has 4 fully saturated rings. The largest absolute Gasteiger partial charge is 0.459 e. The maximum Gasteiger partial charge on any atom is 0.287 e. The summed E-state index contributed by atoms with van der Waals surface area (Å²) >= 11 is 0. The molecule has 3 N–H and O–H groups in total. The fraction of sp³-hybridized carbons (Fsp3) is 0.450. The Morgan fingerprint density at radius 1 is 0.590 bits per heavy atom. The molecule has 78 heavy (non-hydrogen) atoms. The number of aliphatic hydroxyl groups is 1. The maximum atomic E-state index is 13.6. The van der Waals surface area contributed by atoms with Gasteiger partial charge in [0.1, 0.15) is 67.0 Å². The second kappa shape index (κ2) is 26.2. The van der Waals surface area contributed by atoms with Gasteiger partial charge in [-0.3, -0.25) is 9.59 Å². The zero-order valence-corrected chi connectivity index (χ0v) is 44.3. The lowest BCUT2D eigenvalue weighted by atomic mass is 9.93. The number of carbonyl (C=O) groups excluding carboxylic acids is 2.